The van der Waals surface area contributed by atoms with E-state index in [1.807, 2.05) is 0 Å². The molecule has 2 aromatic carbocycles. The number of hydrogen-bond donors (Lipinski definition) is 5. The normalized spacial score (nSPS) is 14.2. The lowest BCUT2D eigenvalue weighted by atomic mass is 10.0. The Labute approximate surface area is 216 Å². The highest BCUT2D eigenvalue weighted by molar-refractivity contribution is 6.32. The molecule has 0 radical (unpaired) electrons. The van der Waals surface area contributed by atoms with Crippen molar-refractivity contribution in [3.63, 3.8) is 0 Å². The molecule has 0 saturated heterocycles. The summed E-state index contributed by atoms with van der Waals surface area (Å²) in [5, 5.41) is 42.7. The van der Waals surface area contributed by atoms with Crippen molar-refractivity contribution in [2.45, 2.75) is 24.5 Å². The number of ether oxygens (including phenoxy) is 4. The molecule has 0 aliphatic carbocycles. The molecule has 37 heavy (non-hydrogen) atoms. The topological polar surface area (TPSA) is 187 Å². The first-order chi connectivity index (χ1) is 17.3. The number of fused-ring (bicyclic) bond motifs is 1. The van der Waals surface area contributed by atoms with Crippen LogP contribution in [0.25, 0.3) is 10.9 Å². The molecule has 3 aromatic rings. The van der Waals surface area contributed by atoms with Gasteiger partial charge in [-0.2, -0.15) is 0 Å². The Bertz CT molecular complexity index is 1190. The summed E-state index contributed by atoms with van der Waals surface area (Å²) in [6.07, 6.45) is -6.07. The van der Waals surface area contributed by atoms with Crippen molar-refractivity contribution in [1.82, 2.24) is 9.97 Å². The fraction of sp³-hybridized carbons (Fsp3) is 0.391. The monoisotopic (exact) mass is 545 g/mol. The van der Waals surface area contributed by atoms with Gasteiger partial charge >= 0.3 is 0 Å². The average molecular weight is 546 g/mol. The number of rotatable bonds is 12. The number of aromatic nitrogens is 2. The number of hydrogen-bond acceptors (Lipinski definition) is 11. The first kappa shape index (κ1) is 30.0. The van der Waals surface area contributed by atoms with Gasteiger partial charge in [0.25, 0.3) is 0 Å². The predicted octanol–water partition coefficient (Wildman–Crippen LogP) is 1.02. The number of anilines is 2. The van der Waals surface area contributed by atoms with Gasteiger partial charge in [-0.25, -0.2) is 14.4 Å². The van der Waals surface area contributed by atoms with E-state index >= 15 is 0 Å². The Morgan fingerprint density at radius 1 is 0.892 bits per heavy atom. The highest BCUT2D eigenvalue weighted by atomic mass is 35.5. The van der Waals surface area contributed by atoms with E-state index in [0.717, 1.165) is 0 Å². The number of methoxy groups -OCH3 is 3. The molecular weight excluding hydrogens is 517 g/mol. The highest BCUT2D eigenvalue weighted by Gasteiger charge is 2.34. The third-order valence-electron chi connectivity index (χ3n) is 5.38. The predicted molar refractivity (Wildman–Crippen MR) is 133 cm³/mol. The Kier molecular flexibility index (Phi) is 10.9. The van der Waals surface area contributed by atoms with Gasteiger partial charge in [0.05, 0.1) is 50.8 Å². The second-order valence-corrected chi connectivity index (χ2v) is 7.98. The summed E-state index contributed by atoms with van der Waals surface area (Å²) in [6, 6.07) is 6.27. The largest absolute Gasteiger partial charge is 0.495 e. The van der Waals surface area contributed by atoms with Crippen LogP contribution in [0.1, 0.15) is 0 Å². The number of nitrogens with one attached hydrogen (secondary N) is 1. The van der Waals surface area contributed by atoms with Crippen molar-refractivity contribution >= 4 is 34.0 Å². The summed E-state index contributed by atoms with van der Waals surface area (Å²) in [5.41, 5.74) is 0.911. The molecule has 204 valence electrons. The lowest BCUT2D eigenvalue weighted by Crippen LogP contribution is -2.48. The Morgan fingerprint density at radius 2 is 1.57 bits per heavy atom. The summed E-state index contributed by atoms with van der Waals surface area (Å²) in [7, 11) is 4.35. The smallest absolute Gasteiger partial charge is 0.164 e. The summed E-state index contributed by atoms with van der Waals surface area (Å²) in [6.45, 7) is -1.76. The van der Waals surface area contributed by atoms with Crippen LogP contribution in [-0.2, 0) is 0 Å². The van der Waals surface area contributed by atoms with E-state index in [1.54, 1.807) is 18.2 Å². The van der Waals surface area contributed by atoms with E-state index in [1.165, 1.54) is 33.7 Å². The molecule has 7 N–H and O–H groups in total. The van der Waals surface area contributed by atoms with Crippen LogP contribution in [0.4, 0.5) is 15.9 Å². The van der Waals surface area contributed by atoms with E-state index in [4.69, 9.17) is 35.7 Å². The fourth-order valence-corrected chi connectivity index (χ4v) is 3.65. The standard InChI is InChI=1S/C23H27ClFN3O8.H2O/c1-33-16-7-15(17(34-2)5-12(16)24)28-23-11-4-18(35-3)19(6-14(11)26-10-27-23)36-20(9-30)22(32)21(31)13(25)8-29;/h4-7,10,13,20-22,29-32H,8-9H2,1-3H3,(H,26,27,28);1H2/t13-,20-,21+,22+;/m1./s1. The first-order valence-electron chi connectivity index (χ1n) is 10.7. The Hall–Kier alpha value is -3.20. The maximum absolute atomic E-state index is 13.6. The molecular formula is C23H29ClFN3O9. The van der Waals surface area contributed by atoms with Crippen molar-refractivity contribution in [3.05, 3.63) is 35.6 Å². The van der Waals surface area contributed by atoms with Crippen LogP contribution < -0.4 is 24.3 Å². The maximum Gasteiger partial charge on any atom is 0.164 e. The molecule has 1 aromatic heterocycles. The minimum Gasteiger partial charge on any atom is -0.495 e. The Morgan fingerprint density at radius 3 is 2.16 bits per heavy atom. The SMILES string of the molecule is COc1cc(Nc2ncnc3cc(O[C@H](CO)[C@H](O)[C@@H](O)[C@H](F)CO)c(OC)cc23)c(OC)cc1Cl.O. The summed E-state index contributed by atoms with van der Waals surface area (Å²) < 4.78 is 35.4. The zero-order chi connectivity index (χ0) is 26.4. The second kappa shape index (κ2) is 13.4. The molecule has 0 aliphatic heterocycles. The second-order valence-electron chi connectivity index (χ2n) is 7.57. The van der Waals surface area contributed by atoms with E-state index in [9.17, 15) is 19.7 Å². The Balaban J connectivity index is 0.00000481. The number of alkyl halides is 1. The molecule has 1 heterocycles. The van der Waals surface area contributed by atoms with Crippen LogP contribution in [-0.4, -0.2) is 94.9 Å². The van der Waals surface area contributed by atoms with Crippen LogP contribution in [0.2, 0.25) is 5.02 Å². The maximum atomic E-state index is 13.6. The molecule has 0 unspecified atom stereocenters. The molecule has 0 amide bonds. The third-order valence-corrected chi connectivity index (χ3v) is 5.68. The van der Waals surface area contributed by atoms with Gasteiger partial charge in [-0.15, -0.1) is 0 Å². The summed E-state index contributed by atoms with van der Waals surface area (Å²) in [5.74, 6) is 1.47. The molecule has 12 nitrogen and oxygen atoms in total. The third kappa shape index (κ3) is 6.57. The number of nitrogens with zero attached hydrogens (tertiary/aromatic N) is 2. The molecule has 14 heteroatoms. The fourth-order valence-electron chi connectivity index (χ4n) is 3.42. The van der Waals surface area contributed by atoms with E-state index in [-0.39, 0.29) is 17.0 Å². The number of aliphatic hydroxyl groups is 4. The van der Waals surface area contributed by atoms with Crippen molar-refractivity contribution in [2.24, 2.45) is 0 Å². The van der Waals surface area contributed by atoms with Gasteiger partial charge in [0.2, 0.25) is 0 Å². The van der Waals surface area contributed by atoms with Crippen LogP contribution in [0.5, 0.6) is 23.0 Å². The van der Waals surface area contributed by atoms with Crippen LogP contribution in [0, 0.1) is 0 Å². The van der Waals surface area contributed by atoms with Crippen molar-refractivity contribution < 1.29 is 49.2 Å². The summed E-state index contributed by atoms with van der Waals surface area (Å²) >= 11 is 6.18. The molecule has 0 saturated carbocycles. The molecule has 0 aliphatic rings. The van der Waals surface area contributed by atoms with Crippen molar-refractivity contribution in [2.75, 3.05) is 39.9 Å². The minimum absolute atomic E-state index is 0. The van der Waals surface area contributed by atoms with Crippen LogP contribution >= 0.6 is 11.6 Å². The van der Waals surface area contributed by atoms with Gasteiger partial charge in [0, 0.05) is 23.6 Å². The van der Waals surface area contributed by atoms with Crippen molar-refractivity contribution in [1.29, 1.82) is 0 Å². The average Bonchev–Trinajstić information content (AvgIpc) is 2.90. The zero-order valence-electron chi connectivity index (χ0n) is 20.2. The number of benzene rings is 2. The molecule has 0 bridgehead atoms. The van der Waals surface area contributed by atoms with Crippen LogP contribution in [0.3, 0.4) is 0 Å². The van der Waals surface area contributed by atoms with E-state index < -0.39 is 37.7 Å². The molecule has 4 atom stereocenters. The first-order valence-corrected chi connectivity index (χ1v) is 11.1. The number of halogens is 2. The van der Waals surface area contributed by atoms with Gasteiger partial charge in [-0.05, 0) is 6.07 Å². The lowest BCUT2D eigenvalue weighted by molar-refractivity contribution is -0.0981. The minimum atomic E-state index is -2.12. The van der Waals surface area contributed by atoms with Gasteiger partial charge in [0.15, 0.2) is 23.8 Å². The van der Waals surface area contributed by atoms with Gasteiger partial charge in [0.1, 0.15) is 35.9 Å². The van der Waals surface area contributed by atoms with Gasteiger partial charge in [-0.3, -0.25) is 0 Å². The summed E-state index contributed by atoms with van der Waals surface area (Å²) in [4.78, 5) is 8.52. The quantitative estimate of drug-likeness (QED) is 0.218. The van der Waals surface area contributed by atoms with Crippen molar-refractivity contribution in [3.8, 4) is 23.0 Å². The molecule has 0 fully saturated rings. The van der Waals surface area contributed by atoms with Crippen LogP contribution in [0.15, 0.2) is 30.6 Å². The molecule has 3 rings (SSSR count). The van der Waals surface area contributed by atoms with E-state index in [0.29, 0.717) is 38.9 Å². The van der Waals surface area contributed by atoms with Gasteiger partial charge in [-0.1, -0.05) is 11.6 Å². The number of aliphatic hydroxyl groups excluding tert-OH is 4. The lowest BCUT2D eigenvalue weighted by Gasteiger charge is -2.28. The van der Waals surface area contributed by atoms with E-state index in [2.05, 4.69) is 15.3 Å². The molecule has 0 spiro atoms. The van der Waals surface area contributed by atoms with Gasteiger partial charge < -0.3 is 50.2 Å². The zero-order valence-corrected chi connectivity index (χ0v) is 20.9. The highest BCUT2D eigenvalue weighted by Crippen LogP contribution is 2.40.